The topological polar surface area (TPSA) is 60.9 Å². The van der Waals surface area contributed by atoms with Crippen LogP contribution in [0, 0.1) is 12.8 Å². The number of hydrogen-bond donors (Lipinski definition) is 1. The van der Waals surface area contributed by atoms with E-state index in [-0.39, 0.29) is 19.1 Å². The first-order valence-electron chi connectivity index (χ1n) is 5.81. The fourth-order valence-electron chi connectivity index (χ4n) is 2.07. The highest BCUT2D eigenvalue weighted by Crippen LogP contribution is 2.22. The summed E-state index contributed by atoms with van der Waals surface area (Å²) in [5.74, 6) is -1.42. The van der Waals surface area contributed by atoms with E-state index in [0.717, 1.165) is 11.3 Å². The van der Waals surface area contributed by atoms with Gasteiger partial charge in [-0.15, -0.1) is 0 Å². The first-order valence-corrected chi connectivity index (χ1v) is 5.81. The van der Waals surface area contributed by atoms with Crippen LogP contribution in [-0.2, 0) is 4.79 Å². The number of benzene rings is 1. The molecule has 1 aromatic rings. The third-order valence-electron chi connectivity index (χ3n) is 3.15. The molecule has 2 amide bonds. The van der Waals surface area contributed by atoms with Gasteiger partial charge in [0.2, 0.25) is 0 Å². The number of aliphatic carboxylic acids is 1. The SMILES string of the molecule is Cc1ccc(N2CC(C(=O)O)CN(C)C2=O)cc1. The number of carboxylic acid groups (broad SMARTS) is 1. The summed E-state index contributed by atoms with van der Waals surface area (Å²) >= 11 is 0. The predicted octanol–water partition coefficient (Wildman–Crippen LogP) is 1.57. The molecule has 2 rings (SSSR count). The molecule has 0 radical (unpaired) electrons. The first-order chi connectivity index (χ1) is 8.49. The smallest absolute Gasteiger partial charge is 0.324 e. The van der Waals surface area contributed by atoms with Crippen LogP contribution in [-0.4, -0.2) is 42.1 Å². The van der Waals surface area contributed by atoms with Gasteiger partial charge in [-0.2, -0.15) is 0 Å². The minimum absolute atomic E-state index is 0.156. The standard InChI is InChI=1S/C13H16N2O3/c1-9-3-5-11(6-4-9)15-8-10(12(16)17)7-14(2)13(15)18/h3-6,10H,7-8H2,1-2H3,(H,16,17). The van der Waals surface area contributed by atoms with Gasteiger partial charge >= 0.3 is 12.0 Å². The van der Waals surface area contributed by atoms with Crippen molar-refractivity contribution in [1.29, 1.82) is 0 Å². The largest absolute Gasteiger partial charge is 0.481 e. The average molecular weight is 248 g/mol. The third kappa shape index (κ3) is 2.30. The van der Waals surface area contributed by atoms with Gasteiger partial charge in [0.05, 0.1) is 5.92 Å². The van der Waals surface area contributed by atoms with Crippen molar-refractivity contribution in [3.8, 4) is 0 Å². The van der Waals surface area contributed by atoms with E-state index >= 15 is 0 Å². The lowest BCUT2D eigenvalue weighted by atomic mass is 10.1. The lowest BCUT2D eigenvalue weighted by molar-refractivity contribution is -0.141. The average Bonchev–Trinajstić information content (AvgIpc) is 2.33. The highest BCUT2D eigenvalue weighted by molar-refractivity contribution is 5.94. The first kappa shape index (κ1) is 12.4. The molecule has 1 atom stereocenters. The van der Waals surface area contributed by atoms with Crippen LogP contribution in [0.25, 0.3) is 0 Å². The van der Waals surface area contributed by atoms with Crippen LogP contribution in [0.3, 0.4) is 0 Å². The minimum Gasteiger partial charge on any atom is -0.481 e. The van der Waals surface area contributed by atoms with E-state index in [4.69, 9.17) is 5.11 Å². The van der Waals surface area contributed by atoms with Crippen molar-refractivity contribution in [3.63, 3.8) is 0 Å². The molecule has 0 bridgehead atoms. The fraction of sp³-hybridized carbons (Fsp3) is 0.385. The van der Waals surface area contributed by atoms with Gasteiger partial charge in [-0.25, -0.2) is 4.79 Å². The predicted molar refractivity (Wildman–Crippen MR) is 67.7 cm³/mol. The molecule has 96 valence electrons. The van der Waals surface area contributed by atoms with E-state index in [0.29, 0.717) is 0 Å². The molecule has 1 N–H and O–H groups in total. The number of amides is 2. The van der Waals surface area contributed by atoms with Crippen LogP contribution in [0.5, 0.6) is 0 Å². The molecule has 0 saturated carbocycles. The molecule has 1 aliphatic rings. The fourth-order valence-corrected chi connectivity index (χ4v) is 2.07. The van der Waals surface area contributed by atoms with Gasteiger partial charge in [0.25, 0.3) is 0 Å². The maximum Gasteiger partial charge on any atom is 0.324 e. The van der Waals surface area contributed by atoms with Gasteiger partial charge in [-0.05, 0) is 19.1 Å². The lowest BCUT2D eigenvalue weighted by Crippen LogP contribution is -2.54. The second kappa shape index (κ2) is 4.68. The number of nitrogens with zero attached hydrogens (tertiary/aromatic N) is 2. The van der Waals surface area contributed by atoms with E-state index in [1.165, 1.54) is 9.80 Å². The molecular formula is C13H16N2O3. The van der Waals surface area contributed by atoms with Gasteiger partial charge in [-0.3, -0.25) is 9.69 Å². The minimum atomic E-state index is -0.869. The van der Waals surface area contributed by atoms with Crippen LogP contribution >= 0.6 is 0 Å². The molecule has 1 aliphatic heterocycles. The molecule has 5 nitrogen and oxygen atoms in total. The molecule has 0 aliphatic carbocycles. The van der Waals surface area contributed by atoms with Crippen molar-refractivity contribution in [2.24, 2.45) is 5.92 Å². The van der Waals surface area contributed by atoms with E-state index < -0.39 is 11.9 Å². The summed E-state index contributed by atoms with van der Waals surface area (Å²) in [5.41, 5.74) is 1.84. The second-order valence-electron chi connectivity index (χ2n) is 4.64. The Bertz CT molecular complexity index is 470. The third-order valence-corrected chi connectivity index (χ3v) is 3.15. The highest BCUT2D eigenvalue weighted by atomic mass is 16.4. The van der Waals surface area contributed by atoms with Crippen molar-refractivity contribution in [1.82, 2.24) is 4.90 Å². The van der Waals surface area contributed by atoms with Crippen molar-refractivity contribution in [2.75, 3.05) is 25.0 Å². The zero-order valence-electron chi connectivity index (χ0n) is 10.5. The Morgan fingerprint density at radius 1 is 1.28 bits per heavy atom. The summed E-state index contributed by atoms with van der Waals surface area (Å²) < 4.78 is 0. The van der Waals surface area contributed by atoms with Gasteiger partial charge in [0, 0.05) is 25.8 Å². The van der Waals surface area contributed by atoms with Crippen LogP contribution in [0.2, 0.25) is 0 Å². The maximum atomic E-state index is 12.0. The number of hydrogen-bond acceptors (Lipinski definition) is 2. The van der Waals surface area contributed by atoms with Gasteiger partial charge in [0.15, 0.2) is 0 Å². The summed E-state index contributed by atoms with van der Waals surface area (Å²) in [4.78, 5) is 26.1. The number of rotatable bonds is 2. The molecule has 0 aromatic heterocycles. The van der Waals surface area contributed by atoms with Crippen molar-refractivity contribution in [3.05, 3.63) is 29.8 Å². The summed E-state index contributed by atoms with van der Waals surface area (Å²) in [6.45, 7) is 2.45. The molecular weight excluding hydrogens is 232 g/mol. The number of anilines is 1. The van der Waals surface area contributed by atoms with E-state index in [1.54, 1.807) is 7.05 Å². The van der Waals surface area contributed by atoms with Crippen LogP contribution in [0.1, 0.15) is 5.56 Å². The number of aryl methyl sites for hydroxylation is 1. The normalized spacial score (nSPS) is 20.1. The Hall–Kier alpha value is -2.04. The van der Waals surface area contributed by atoms with Gasteiger partial charge in [0.1, 0.15) is 0 Å². The zero-order chi connectivity index (χ0) is 13.3. The molecule has 1 heterocycles. The van der Waals surface area contributed by atoms with Crippen molar-refractivity contribution < 1.29 is 14.7 Å². The quantitative estimate of drug-likeness (QED) is 0.864. The number of urea groups is 1. The zero-order valence-corrected chi connectivity index (χ0v) is 10.5. The molecule has 1 fully saturated rings. The second-order valence-corrected chi connectivity index (χ2v) is 4.64. The van der Waals surface area contributed by atoms with Crippen molar-refractivity contribution >= 4 is 17.7 Å². The Morgan fingerprint density at radius 2 is 1.89 bits per heavy atom. The Balaban J connectivity index is 2.27. The number of carbonyl (C=O) groups is 2. The lowest BCUT2D eigenvalue weighted by Gasteiger charge is -2.36. The molecule has 1 aromatic carbocycles. The Morgan fingerprint density at radius 3 is 2.44 bits per heavy atom. The molecule has 0 spiro atoms. The molecule has 5 heteroatoms. The molecule has 1 unspecified atom stereocenters. The van der Waals surface area contributed by atoms with Crippen LogP contribution in [0.4, 0.5) is 10.5 Å². The summed E-state index contributed by atoms with van der Waals surface area (Å²) in [7, 11) is 1.62. The van der Waals surface area contributed by atoms with Gasteiger partial charge < -0.3 is 10.0 Å². The van der Waals surface area contributed by atoms with E-state index in [1.807, 2.05) is 31.2 Å². The van der Waals surface area contributed by atoms with Crippen molar-refractivity contribution in [2.45, 2.75) is 6.92 Å². The van der Waals surface area contributed by atoms with Crippen LogP contribution in [0.15, 0.2) is 24.3 Å². The number of carboxylic acids is 1. The monoisotopic (exact) mass is 248 g/mol. The summed E-state index contributed by atoms with van der Waals surface area (Å²) in [6, 6.07) is 7.34. The maximum absolute atomic E-state index is 12.0. The van der Waals surface area contributed by atoms with Gasteiger partial charge in [-0.1, -0.05) is 17.7 Å². The van der Waals surface area contributed by atoms with Crippen LogP contribution < -0.4 is 4.90 Å². The molecule has 1 saturated heterocycles. The van der Waals surface area contributed by atoms with E-state index in [2.05, 4.69) is 0 Å². The molecule has 18 heavy (non-hydrogen) atoms. The summed E-state index contributed by atoms with van der Waals surface area (Å²) in [6.07, 6.45) is 0. The Labute approximate surface area is 106 Å². The highest BCUT2D eigenvalue weighted by Gasteiger charge is 2.34. The Kier molecular flexibility index (Phi) is 3.23. The van der Waals surface area contributed by atoms with E-state index in [9.17, 15) is 9.59 Å². The number of carbonyl (C=O) groups excluding carboxylic acids is 1. The summed E-state index contributed by atoms with van der Waals surface area (Å²) in [5, 5.41) is 9.09.